The summed E-state index contributed by atoms with van der Waals surface area (Å²) in [5.74, 6) is -1.02. The third kappa shape index (κ3) is 3.04. The van der Waals surface area contributed by atoms with E-state index in [0.29, 0.717) is 19.8 Å². The Morgan fingerprint density at radius 2 is 2.00 bits per heavy atom. The first-order valence-corrected chi connectivity index (χ1v) is 7.10. The van der Waals surface area contributed by atoms with Gasteiger partial charge in [-0.15, -0.1) is 0 Å². The van der Waals surface area contributed by atoms with Gasteiger partial charge in [-0.25, -0.2) is 9.59 Å². The summed E-state index contributed by atoms with van der Waals surface area (Å²) in [7, 11) is 0. The number of urea groups is 1. The number of amides is 2. The summed E-state index contributed by atoms with van der Waals surface area (Å²) in [5, 5.41) is 21.4. The maximum atomic E-state index is 12.3. The van der Waals surface area contributed by atoms with Gasteiger partial charge in [0.1, 0.15) is 5.54 Å². The lowest BCUT2D eigenvalue weighted by Crippen LogP contribution is -2.62. The van der Waals surface area contributed by atoms with Gasteiger partial charge in [0, 0.05) is 32.6 Å². The van der Waals surface area contributed by atoms with Gasteiger partial charge in [0.05, 0.1) is 12.6 Å². The van der Waals surface area contributed by atoms with Crippen LogP contribution in [0.4, 0.5) is 4.79 Å². The molecule has 2 saturated heterocycles. The van der Waals surface area contributed by atoms with Crippen molar-refractivity contribution in [2.75, 3.05) is 26.4 Å². The Kier molecular flexibility index (Phi) is 4.82. The van der Waals surface area contributed by atoms with Crippen LogP contribution >= 0.6 is 0 Å². The molecule has 0 aliphatic carbocycles. The molecule has 7 heteroatoms. The lowest BCUT2D eigenvalue weighted by atomic mass is 9.90. The highest BCUT2D eigenvalue weighted by Crippen LogP contribution is 2.23. The number of hydrogen-bond acceptors (Lipinski definition) is 4. The Balaban J connectivity index is 2.05. The zero-order chi connectivity index (χ0) is 14.6. The number of carbonyl (C=O) groups is 2. The number of aliphatic hydroxyl groups excluding tert-OH is 1. The van der Waals surface area contributed by atoms with Crippen LogP contribution in [0.1, 0.15) is 32.1 Å². The van der Waals surface area contributed by atoms with Gasteiger partial charge in [-0.1, -0.05) is 0 Å². The molecular weight excluding hydrogens is 264 g/mol. The molecule has 2 heterocycles. The second kappa shape index (κ2) is 6.41. The highest BCUT2D eigenvalue weighted by Gasteiger charge is 2.43. The largest absolute Gasteiger partial charge is 0.480 e. The van der Waals surface area contributed by atoms with Gasteiger partial charge < -0.3 is 25.2 Å². The predicted molar refractivity (Wildman–Crippen MR) is 70.4 cm³/mol. The van der Waals surface area contributed by atoms with Crippen molar-refractivity contribution in [3.05, 3.63) is 0 Å². The molecule has 2 amide bonds. The summed E-state index contributed by atoms with van der Waals surface area (Å²) in [5.41, 5.74) is -1.24. The van der Waals surface area contributed by atoms with Crippen LogP contribution in [0.2, 0.25) is 0 Å². The number of piperidine rings is 1. The molecule has 1 unspecified atom stereocenters. The molecule has 3 N–H and O–H groups in total. The molecule has 114 valence electrons. The summed E-state index contributed by atoms with van der Waals surface area (Å²) in [6, 6.07) is -0.609. The third-order valence-corrected chi connectivity index (χ3v) is 4.20. The summed E-state index contributed by atoms with van der Waals surface area (Å²) >= 11 is 0. The van der Waals surface area contributed by atoms with Gasteiger partial charge in [-0.2, -0.15) is 0 Å². The summed E-state index contributed by atoms with van der Waals surface area (Å²) in [6.45, 7) is 1.13. The molecule has 2 rings (SSSR count). The summed E-state index contributed by atoms with van der Waals surface area (Å²) in [4.78, 5) is 25.4. The average molecular weight is 286 g/mol. The van der Waals surface area contributed by atoms with E-state index in [1.54, 1.807) is 4.90 Å². The SMILES string of the molecule is O=C(NC1(C(=O)O)CCOCC1)N1CCCCC1CO. The molecule has 0 bridgehead atoms. The van der Waals surface area contributed by atoms with Crippen LogP contribution in [0.15, 0.2) is 0 Å². The zero-order valence-corrected chi connectivity index (χ0v) is 11.5. The topological polar surface area (TPSA) is 99.1 Å². The number of carboxylic acid groups (broad SMARTS) is 1. The van der Waals surface area contributed by atoms with E-state index in [2.05, 4.69) is 5.32 Å². The molecule has 0 aromatic rings. The number of carboxylic acids is 1. The molecule has 0 aromatic heterocycles. The molecule has 0 spiro atoms. The van der Waals surface area contributed by atoms with Gasteiger partial charge in [-0.05, 0) is 19.3 Å². The number of aliphatic hydroxyl groups is 1. The van der Waals surface area contributed by atoms with E-state index in [1.807, 2.05) is 0 Å². The number of aliphatic carboxylic acids is 1. The second-order valence-electron chi connectivity index (χ2n) is 5.46. The van der Waals surface area contributed by atoms with E-state index in [0.717, 1.165) is 19.3 Å². The summed E-state index contributed by atoms with van der Waals surface area (Å²) < 4.78 is 5.18. The molecule has 1 atom stereocenters. The van der Waals surface area contributed by atoms with E-state index in [9.17, 15) is 19.8 Å². The maximum absolute atomic E-state index is 12.3. The minimum Gasteiger partial charge on any atom is -0.480 e. The van der Waals surface area contributed by atoms with E-state index in [1.165, 1.54) is 0 Å². The lowest BCUT2D eigenvalue weighted by Gasteiger charge is -2.39. The van der Waals surface area contributed by atoms with Crippen molar-refractivity contribution in [1.29, 1.82) is 0 Å². The van der Waals surface area contributed by atoms with Crippen LogP contribution in [-0.2, 0) is 9.53 Å². The van der Waals surface area contributed by atoms with Crippen molar-refractivity contribution < 1.29 is 24.5 Å². The Bertz CT molecular complexity index is 368. The van der Waals surface area contributed by atoms with Crippen molar-refractivity contribution in [3.63, 3.8) is 0 Å². The molecule has 7 nitrogen and oxygen atoms in total. The van der Waals surface area contributed by atoms with Crippen molar-refractivity contribution in [2.24, 2.45) is 0 Å². The molecule has 2 fully saturated rings. The average Bonchev–Trinajstić information content (AvgIpc) is 2.48. The zero-order valence-electron chi connectivity index (χ0n) is 11.5. The number of hydrogen-bond donors (Lipinski definition) is 3. The van der Waals surface area contributed by atoms with Gasteiger partial charge in [0.25, 0.3) is 0 Å². The number of nitrogens with zero attached hydrogens (tertiary/aromatic N) is 1. The van der Waals surface area contributed by atoms with Gasteiger partial charge in [0.2, 0.25) is 0 Å². The van der Waals surface area contributed by atoms with Crippen molar-refractivity contribution in [3.8, 4) is 0 Å². The molecular formula is C13H22N2O5. The minimum atomic E-state index is -1.24. The normalized spacial score (nSPS) is 26.1. The minimum absolute atomic E-state index is 0.0867. The molecule has 2 aliphatic rings. The Labute approximate surface area is 117 Å². The van der Waals surface area contributed by atoms with Gasteiger partial charge in [0.15, 0.2) is 0 Å². The van der Waals surface area contributed by atoms with Crippen LogP contribution < -0.4 is 5.32 Å². The first-order valence-electron chi connectivity index (χ1n) is 7.10. The molecule has 0 radical (unpaired) electrons. The number of rotatable bonds is 3. The predicted octanol–water partition coefficient (Wildman–Crippen LogP) is 0.177. The van der Waals surface area contributed by atoms with Gasteiger partial charge >= 0.3 is 12.0 Å². The first kappa shape index (κ1) is 15.1. The number of carbonyl (C=O) groups excluding carboxylic acids is 1. The van der Waals surface area contributed by atoms with Crippen LogP contribution in [-0.4, -0.2) is 65.1 Å². The fourth-order valence-electron chi connectivity index (χ4n) is 2.85. The monoisotopic (exact) mass is 286 g/mol. The second-order valence-corrected chi connectivity index (χ2v) is 5.46. The highest BCUT2D eigenvalue weighted by atomic mass is 16.5. The fourth-order valence-corrected chi connectivity index (χ4v) is 2.85. The molecule has 2 aliphatic heterocycles. The van der Waals surface area contributed by atoms with Gasteiger partial charge in [-0.3, -0.25) is 0 Å². The summed E-state index contributed by atoms with van der Waals surface area (Å²) in [6.07, 6.45) is 3.16. The van der Waals surface area contributed by atoms with Crippen molar-refractivity contribution >= 4 is 12.0 Å². The van der Waals surface area contributed by atoms with Crippen LogP contribution in [0, 0.1) is 0 Å². The number of nitrogens with one attached hydrogen (secondary N) is 1. The molecule has 0 aromatic carbocycles. The smallest absolute Gasteiger partial charge is 0.329 e. The molecule has 0 saturated carbocycles. The van der Waals surface area contributed by atoms with E-state index in [-0.39, 0.29) is 25.5 Å². The Morgan fingerprint density at radius 3 is 2.60 bits per heavy atom. The Morgan fingerprint density at radius 1 is 1.30 bits per heavy atom. The van der Waals surface area contributed by atoms with Crippen LogP contribution in [0.25, 0.3) is 0 Å². The highest BCUT2D eigenvalue weighted by molar-refractivity contribution is 5.86. The Hall–Kier alpha value is -1.34. The number of ether oxygens (including phenoxy) is 1. The van der Waals surface area contributed by atoms with Crippen molar-refractivity contribution in [2.45, 2.75) is 43.7 Å². The standard InChI is InChI=1S/C13H22N2O5/c16-9-10-3-1-2-6-15(10)12(19)14-13(11(17)18)4-7-20-8-5-13/h10,16H,1-9H2,(H,14,19)(H,17,18). The number of likely N-dealkylation sites (tertiary alicyclic amines) is 1. The van der Waals surface area contributed by atoms with Crippen molar-refractivity contribution in [1.82, 2.24) is 10.2 Å². The van der Waals surface area contributed by atoms with E-state index >= 15 is 0 Å². The lowest BCUT2D eigenvalue weighted by molar-refractivity contribution is -0.148. The first-order chi connectivity index (χ1) is 9.59. The van der Waals surface area contributed by atoms with Crippen LogP contribution in [0.5, 0.6) is 0 Å². The van der Waals surface area contributed by atoms with E-state index in [4.69, 9.17) is 4.74 Å². The molecule has 20 heavy (non-hydrogen) atoms. The quantitative estimate of drug-likeness (QED) is 0.687. The third-order valence-electron chi connectivity index (χ3n) is 4.20. The maximum Gasteiger partial charge on any atom is 0.329 e. The fraction of sp³-hybridized carbons (Fsp3) is 0.846. The van der Waals surface area contributed by atoms with E-state index < -0.39 is 17.5 Å². The van der Waals surface area contributed by atoms with Crippen LogP contribution in [0.3, 0.4) is 0 Å².